The highest BCUT2D eigenvalue weighted by atomic mass is 16.2. The zero-order valence-electron chi connectivity index (χ0n) is 14.8. The van der Waals surface area contributed by atoms with Gasteiger partial charge in [-0.1, -0.05) is 0 Å². The highest BCUT2D eigenvalue weighted by Gasteiger charge is 2.31. The first-order chi connectivity index (χ1) is 12.0. The number of aromatic nitrogens is 3. The number of nitrogens with zero attached hydrogens (tertiary/aromatic N) is 3. The number of aromatic amines is 1. The minimum atomic E-state index is -0.248. The molecule has 6 heteroatoms. The Hall–Kier alpha value is -2.37. The van der Waals surface area contributed by atoms with E-state index in [1.54, 1.807) is 4.90 Å². The maximum atomic E-state index is 12.9. The number of likely N-dealkylation sites (tertiary alicyclic amines) is 1. The Labute approximate surface area is 146 Å². The van der Waals surface area contributed by atoms with Crippen molar-refractivity contribution in [3.63, 3.8) is 0 Å². The van der Waals surface area contributed by atoms with Gasteiger partial charge in [0.2, 0.25) is 0 Å². The molecule has 1 aliphatic heterocycles. The molecule has 0 spiro atoms. The molecule has 0 bridgehead atoms. The predicted octanol–water partition coefficient (Wildman–Crippen LogP) is 1.93. The molecule has 0 unspecified atom stereocenters. The van der Waals surface area contributed by atoms with Gasteiger partial charge in [0.15, 0.2) is 0 Å². The number of carbonyl (C=O) groups excluding carboxylic acids is 1. The van der Waals surface area contributed by atoms with Gasteiger partial charge in [-0.15, -0.1) is 0 Å². The molecule has 3 heterocycles. The molecule has 4 rings (SSSR count). The van der Waals surface area contributed by atoms with Crippen LogP contribution in [-0.4, -0.2) is 38.4 Å². The molecule has 1 amide bonds. The van der Waals surface area contributed by atoms with Crippen LogP contribution in [0.2, 0.25) is 0 Å². The van der Waals surface area contributed by atoms with Crippen molar-refractivity contribution < 1.29 is 4.79 Å². The maximum absolute atomic E-state index is 12.9. The van der Waals surface area contributed by atoms with Crippen molar-refractivity contribution in [1.29, 1.82) is 0 Å². The van der Waals surface area contributed by atoms with Gasteiger partial charge >= 0.3 is 0 Å². The number of carbonyl (C=O) groups is 1. The summed E-state index contributed by atoms with van der Waals surface area (Å²) in [5, 5.41) is 0. The first kappa shape index (κ1) is 16.1. The van der Waals surface area contributed by atoms with Crippen molar-refractivity contribution in [3.05, 3.63) is 51.0 Å². The number of hydrogen-bond acceptors (Lipinski definition) is 3. The second kappa shape index (κ2) is 6.17. The lowest BCUT2D eigenvalue weighted by Crippen LogP contribution is -2.34. The van der Waals surface area contributed by atoms with Crippen LogP contribution in [0.25, 0.3) is 0 Å². The van der Waals surface area contributed by atoms with Gasteiger partial charge in [-0.05, 0) is 50.7 Å². The number of fused-ring (bicyclic) bond motifs is 1. The van der Waals surface area contributed by atoms with Gasteiger partial charge in [-0.3, -0.25) is 9.59 Å². The summed E-state index contributed by atoms with van der Waals surface area (Å²) < 4.78 is 2.04. The van der Waals surface area contributed by atoms with E-state index in [0.717, 1.165) is 54.9 Å². The predicted molar refractivity (Wildman–Crippen MR) is 94.9 cm³/mol. The lowest BCUT2D eigenvalue weighted by molar-refractivity contribution is 0.0788. The molecule has 1 fully saturated rings. The van der Waals surface area contributed by atoms with Crippen LogP contribution in [0, 0.1) is 6.92 Å². The van der Waals surface area contributed by atoms with E-state index in [1.165, 1.54) is 0 Å². The van der Waals surface area contributed by atoms with E-state index in [0.29, 0.717) is 13.1 Å². The van der Waals surface area contributed by atoms with Crippen molar-refractivity contribution in [3.8, 4) is 0 Å². The molecule has 1 saturated heterocycles. The number of rotatable bonds is 2. The van der Waals surface area contributed by atoms with E-state index in [1.807, 2.05) is 30.8 Å². The minimum Gasteiger partial charge on any atom is -0.338 e. The highest BCUT2D eigenvalue weighted by Crippen LogP contribution is 2.27. The van der Waals surface area contributed by atoms with Crippen LogP contribution in [0.3, 0.4) is 0 Å². The van der Waals surface area contributed by atoms with Gasteiger partial charge in [0.25, 0.3) is 11.5 Å². The molecule has 2 aromatic heterocycles. The van der Waals surface area contributed by atoms with Gasteiger partial charge in [0.05, 0.1) is 5.69 Å². The SMILES string of the molecule is Cc1cn(C)c([C@@H]2CCN(C(=O)c3cc4c([nH]c3=O)CCCC4)C2)n1. The van der Waals surface area contributed by atoms with Gasteiger partial charge < -0.3 is 14.5 Å². The second-order valence-electron chi connectivity index (χ2n) is 7.31. The quantitative estimate of drug-likeness (QED) is 0.908. The van der Waals surface area contributed by atoms with Gasteiger partial charge in [0, 0.05) is 37.9 Å². The molecule has 0 aromatic carbocycles. The van der Waals surface area contributed by atoms with Crippen molar-refractivity contribution in [2.75, 3.05) is 13.1 Å². The van der Waals surface area contributed by atoms with Crippen molar-refractivity contribution in [1.82, 2.24) is 19.4 Å². The fourth-order valence-corrected chi connectivity index (χ4v) is 4.17. The van der Waals surface area contributed by atoms with Crippen molar-refractivity contribution in [2.45, 2.75) is 44.9 Å². The van der Waals surface area contributed by atoms with E-state index in [9.17, 15) is 9.59 Å². The lowest BCUT2D eigenvalue weighted by atomic mass is 9.95. The first-order valence-electron chi connectivity index (χ1n) is 9.07. The summed E-state index contributed by atoms with van der Waals surface area (Å²) in [6.45, 7) is 3.28. The van der Waals surface area contributed by atoms with Crippen LogP contribution >= 0.6 is 0 Å². The van der Waals surface area contributed by atoms with Crippen LogP contribution in [0.15, 0.2) is 17.1 Å². The topological polar surface area (TPSA) is 71.0 Å². The van der Waals surface area contributed by atoms with E-state index in [2.05, 4.69) is 9.97 Å². The average molecular weight is 340 g/mol. The number of amides is 1. The average Bonchev–Trinajstić information content (AvgIpc) is 3.20. The van der Waals surface area contributed by atoms with E-state index >= 15 is 0 Å². The standard InChI is InChI=1S/C19H24N4O2/c1-12-10-22(2)17(20-12)14-7-8-23(11-14)19(25)15-9-13-5-3-4-6-16(13)21-18(15)24/h9-10,14H,3-8,11H2,1-2H3,(H,21,24)/t14-/m1/s1. The lowest BCUT2D eigenvalue weighted by Gasteiger charge is -2.19. The van der Waals surface area contributed by atoms with Crippen LogP contribution in [0.5, 0.6) is 0 Å². The monoisotopic (exact) mass is 340 g/mol. The molecular weight excluding hydrogens is 316 g/mol. The molecule has 132 valence electrons. The van der Waals surface area contributed by atoms with Crippen LogP contribution < -0.4 is 5.56 Å². The zero-order valence-corrected chi connectivity index (χ0v) is 14.8. The molecule has 6 nitrogen and oxygen atoms in total. The van der Waals surface area contributed by atoms with Crippen LogP contribution in [0.1, 0.15) is 58.3 Å². The second-order valence-corrected chi connectivity index (χ2v) is 7.31. The van der Waals surface area contributed by atoms with Crippen LogP contribution in [-0.2, 0) is 19.9 Å². The fraction of sp³-hybridized carbons (Fsp3) is 0.526. The minimum absolute atomic E-state index is 0.150. The Morgan fingerprint density at radius 3 is 2.88 bits per heavy atom. The van der Waals surface area contributed by atoms with E-state index in [4.69, 9.17) is 0 Å². The first-order valence-corrected chi connectivity index (χ1v) is 9.07. The number of nitrogens with one attached hydrogen (secondary N) is 1. The highest BCUT2D eigenvalue weighted by molar-refractivity contribution is 5.94. The fourth-order valence-electron chi connectivity index (χ4n) is 4.17. The summed E-state index contributed by atoms with van der Waals surface area (Å²) in [6.07, 6.45) is 6.97. The summed E-state index contributed by atoms with van der Waals surface area (Å²) in [4.78, 5) is 34.6. The molecule has 0 radical (unpaired) electrons. The Bertz CT molecular complexity index is 880. The number of H-pyrrole nitrogens is 1. The smallest absolute Gasteiger partial charge is 0.261 e. The number of imidazole rings is 1. The third-order valence-electron chi connectivity index (χ3n) is 5.44. The Morgan fingerprint density at radius 1 is 1.32 bits per heavy atom. The summed E-state index contributed by atoms with van der Waals surface area (Å²) in [7, 11) is 1.99. The molecular formula is C19H24N4O2. The molecule has 2 aliphatic rings. The molecule has 2 aromatic rings. The van der Waals surface area contributed by atoms with E-state index < -0.39 is 0 Å². The summed E-state index contributed by atoms with van der Waals surface area (Å²) >= 11 is 0. The Balaban J connectivity index is 1.56. The number of aryl methyl sites for hydroxylation is 4. The zero-order chi connectivity index (χ0) is 17.6. The Morgan fingerprint density at radius 2 is 2.12 bits per heavy atom. The third kappa shape index (κ3) is 2.90. The Kier molecular flexibility index (Phi) is 3.98. The van der Waals surface area contributed by atoms with Gasteiger partial charge in [-0.25, -0.2) is 4.98 Å². The molecule has 0 saturated carbocycles. The van der Waals surface area contributed by atoms with Crippen molar-refractivity contribution in [2.24, 2.45) is 7.05 Å². The molecule has 1 atom stereocenters. The normalized spacial score (nSPS) is 19.9. The number of pyridine rings is 1. The van der Waals surface area contributed by atoms with Crippen molar-refractivity contribution >= 4 is 5.91 Å². The van der Waals surface area contributed by atoms with E-state index in [-0.39, 0.29) is 22.9 Å². The largest absolute Gasteiger partial charge is 0.338 e. The van der Waals surface area contributed by atoms with Gasteiger partial charge in [-0.2, -0.15) is 0 Å². The molecule has 1 N–H and O–H groups in total. The number of hydrogen-bond donors (Lipinski definition) is 1. The summed E-state index contributed by atoms with van der Waals surface area (Å²) in [6, 6.07) is 1.83. The molecule has 1 aliphatic carbocycles. The summed E-state index contributed by atoms with van der Waals surface area (Å²) in [5.41, 5.74) is 3.17. The van der Waals surface area contributed by atoms with Crippen LogP contribution in [0.4, 0.5) is 0 Å². The third-order valence-corrected chi connectivity index (χ3v) is 5.44. The maximum Gasteiger partial charge on any atom is 0.261 e. The van der Waals surface area contributed by atoms with Gasteiger partial charge in [0.1, 0.15) is 11.4 Å². The summed E-state index contributed by atoms with van der Waals surface area (Å²) in [5.74, 6) is 1.11. The molecule has 25 heavy (non-hydrogen) atoms.